The van der Waals surface area contributed by atoms with Crippen LogP contribution in [0.25, 0.3) is 0 Å². The van der Waals surface area contributed by atoms with Gasteiger partial charge in [0.2, 0.25) is 11.8 Å². The van der Waals surface area contributed by atoms with E-state index < -0.39 is 5.60 Å². The summed E-state index contributed by atoms with van der Waals surface area (Å²) in [6, 6.07) is 7.52. The van der Waals surface area contributed by atoms with Crippen molar-refractivity contribution in [1.29, 1.82) is 0 Å². The first-order valence-corrected chi connectivity index (χ1v) is 9.43. The fourth-order valence-electron chi connectivity index (χ4n) is 4.13. The highest BCUT2D eigenvalue weighted by molar-refractivity contribution is 5.88. The van der Waals surface area contributed by atoms with Crippen molar-refractivity contribution in [3.8, 4) is 0 Å². The Morgan fingerprint density at radius 3 is 2.92 bits per heavy atom. The van der Waals surface area contributed by atoms with Crippen molar-refractivity contribution >= 4 is 11.8 Å². The van der Waals surface area contributed by atoms with E-state index in [0.717, 1.165) is 36.8 Å². The van der Waals surface area contributed by atoms with E-state index in [1.54, 1.807) is 4.90 Å². The SMILES string of the molecule is CCCC(=O)N1CCCC1C(=O)NCC1(O)CCCc2ccccc21. The molecule has 0 bridgehead atoms. The van der Waals surface area contributed by atoms with Gasteiger partial charge in [-0.1, -0.05) is 31.2 Å². The summed E-state index contributed by atoms with van der Waals surface area (Å²) in [6.45, 7) is 2.83. The summed E-state index contributed by atoms with van der Waals surface area (Å²) in [7, 11) is 0. The van der Waals surface area contributed by atoms with Crippen molar-refractivity contribution in [1.82, 2.24) is 10.2 Å². The molecule has 1 fully saturated rings. The summed E-state index contributed by atoms with van der Waals surface area (Å²) in [5, 5.41) is 14.0. The number of nitrogens with zero attached hydrogens (tertiary/aromatic N) is 1. The number of rotatable bonds is 5. The van der Waals surface area contributed by atoms with Crippen LogP contribution in [-0.4, -0.2) is 41.0 Å². The molecule has 25 heavy (non-hydrogen) atoms. The van der Waals surface area contributed by atoms with Crippen molar-refractivity contribution in [3.63, 3.8) is 0 Å². The Hall–Kier alpha value is -1.88. The second-order valence-electron chi connectivity index (χ2n) is 7.26. The average molecular weight is 344 g/mol. The van der Waals surface area contributed by atoms with Gasteiger partial charge in [0.25, 0.3) is 0 Å². The molecule has 1 aromatic carbocycles. The van der Waals surface area contributed by atoms with Gasteiger partial charge in [-0.2, -0.15) is 0 Å². The molecule has 3 rings (SSSR count). The lowest BCUT2D eigenvalue weighted by Crippen LogP contribution is -2.50. The van der Waals surface area contributed by atoms with Gasteiger partial charge in [-0.05, 0) is 49.7 Å². The number of amides is 2. The lowest BCUT2D eigenvalue weighted by Gasteiger charge is -2.35. The molecule has 0 aromatic heterocycles. The molecule has 1 aromatic rings. The summed E-state index contributed by atoms with van der Waals surface area (Å²) in [5.41, 5.74) is 1.07. The number of hydrogen-bond acceptors (Lipinski definition) is 3. The van der Waals surface area contributed by atoms with Gasteiger partial charge >= 0.3 is 0 Å². The molecule has 0 radical (unpaired) electrons. The Kier molecular flexibility index (Phi) is 5.42. The number of carbonyl (C=O) groups excluding carboxylic acids is 2. The number of aryl methyl sites for hydroxylation is 1. The van der Waals surface area contributed by atoms with Crippen LogP contribution in [0.5, 0.6) is 0 Å². The van der Waals surface area contributed by atoms with E-state index in [0.29, 0.717) is 25.8 Å². The first-order chi connectivity index (χ1) is 12.0. The van der Waals surface area contributed by atoms with Crippen LogP contribution in [0.15, 0.2) is 24.3 Å². The molecule has 1 aliphatic carbocycles. The fourth-order valence-corrected chi connectivity index (χ4v) is 4.13. The highest BCUT2D eigenvalue weighted by atomic mass is 16.3. The van der Waals surface area contributed by atoms with E-state index >= 15 is 0 Å². The molecule has 2 amide bonds. The lowest BCUT2D eigenvalue weighted by atomic mass is 9.79. The zero-order chi connectivity index (χ0) is 17.9. The van der Waals surface area contributed by atoms with E-state index in [4.69, 9.17) is 0 Å². The normalized spacial score (nSPS) is 25.5. The molecule has 1 aliphatic heterocycles. The molecule has 2 unspecified atom stereocenters. The molecule has 0 spiro atoms. The van der Waals surface area contributed by atoms with Crippen molar-refractivity contribution < 1.29 is 14.7 Å². The largest absolute Gasteiger partial charge is 0.383 e. The first-order valence-electron chi connectivity index (χ1n) is 9.43. The van der Waals surface area contributed by atoms with Crippen LogP contribution in [0.4, 0.5) is 0 Å². The predicted molar refractivity (Wildman–Crippen MR) is 95.9 cm³/mol. The molecule has 2 atom stereocenters. The van der Waals surface area contributed by atoms with E-state index in [-0.39, 0.29) is 24.4 Å². The van der Waals surface area contributed by atoms with Gasteiger partial charge in [-0.15, -0.1) is 0 Å². The summed E-state index contributed by atoms with van der Waals surface area (Å²) >= 11 is 0. The molecule has 5 heteroatoms. The Morgan fingerprint density at radius 1 is 1.32 bits per heavy atom. The maximum absolute atomic E-state index is 12.6. The summed E-state index contributed by atoms with van der Waals surface area (Å²) in [6.07, 6.45) is 5.37. The van der Waals surface area contributed by atoms with E-state index in [1.807, 2.05) is 31.2 Å². The van der Waals surface area contributed by atoms with Crippen LogP contribution < -0.4 is 5.32 Å². The van der Waals surface area contributed by atoms with Crippen molar-refractivity contribution in [2.75, 3.05) is 13.1 Å². The monoisotopic (exact) mass is 344 g/mol. The van der Waals surface area contributed by atoms with Crippen molar-refractivity contribution in [2.45, 2.75) is 63.5 Å². The highest BCUT2D eigenvalue weighted by Gasteiger charge is 2.37. The summed E-state index contributed by atoms with van der Waals surface area (Å²) < 4.78 is 0. The topological polar surface area (TPSA) is 69.6 Å². The Balaban J connectivity index is 1.65. The number of aliphatic hydroxyl groups is 1. The minimum absolute atomic E-state index is 0.0573. The lowest BCUT2D eigenvalue weighted by molar-refractivity contribution is -0.139. The van der Waals surface area contributed by atoms with Crippen LogP contribution in [0.1, 0.15) is 56.6 Å². The molecule has 0 saturated carbocycles. The van der Waals surface area contributed by atoms with Crippen LogP contribution in [0.2, 0.25) is 0 Å². The molecule has 5 nitrogen and oxygen atoms in total. The Labute approximate surface area is 149 Å². The van der Waals surface area contributed by atoms with Crippen LogP contribution in [-0.2, 0) is 21.6 Å². The van der Waals surface area contributed by atoms with Gasteiger partial charge in [-0.25, -0.2) is 0 Å². The van der Waals surface area contributed by atoms with Crippen molar-refractivity contribution in [3.05, 3.63) is 35.4 Å². The van der Waals surface area contributed by atoms with Crippen LogP contribution in [0.3, 0.4) is 0 Å². The second-order valence-corrected chi connectivity index (χ2v) is 7.26. The number of hydrogen-bond donors (Lipinski definition) is 2. The minimum Gasteiger partial charge on any atom is -0.383 e. The Bertz CT molecular complexity index is 646. The van der Waals surface area contributed by atoms with E-state index in [2.05, 4.69) is 5.32 Å². The van der Waals surface area contributed by atoms with Gasteiger partial charge in [0.05, 0.1) is 6.54 Å². The van der Waals surface area contributed by atoms with Gasteiger partial charge in [0, 0.05) is 13.0 Å². The maximum atomic E-state index is 12.6. The van der Waals surface area contributed by atoms with E-state index in [1.165, 1.54) is 0 Å². The highest BCUT2D eigenvalue weighted by Crippen LogP contribution is 2.34. The smallest absolute Gasteiger partial charge is 0.242 e. The molecular weight excluding hydrogens is 316 g/mol. The summed E-state index contributed by atoms with van der Waals surface area (Å²) in [5.74, 6) is -0.0830. The third-order valence-electron chi connectivity index (χ3n) is 5.45. The maximum Gasteiger partial charge on any atom is 0.242 e. The van der Waals surface area contributed by atoms with Gasteiger partial charge in [-0.3, -0.25) is 9.59 Å². The minimum atomic E-state index is -1.01. The van der Waals surface area contributed by atoms with Gasteiger partial charge in [0.15, 0.2) is 0 Å². The first kappa shape index (κ1) is 17.9. The van der Waals surface area contributed by atoms with Crippen molar-refractivity contribution in [2.24, 2.45) is 0 Å². The number of benzene rings is 1. The quantitative estimate of drug-likeness (QED) is 0.860. The molecule has 2 N–H and O–H groups in total. The van der Waals surface area contributed by atoms with E-state index in [9.17, 15) is 14.7 Å². The molecule has 2 aliphatic rings. The zero-order valence-electron chi connectivity index (χ0n) is 15.0. The Morgan fingerprint density at radius 2 is 2.12 bits per heavy atom. The molecule has 1 saturated heterocycles. The molecule has 136 valence electrons. The number of likely N-dealkylation sites (tertiary alicyclic amines) is 1. The van der Waals surface area contributed by atoms with Gasteiger partial charge < -0.3 is 15.3 Å². The number of carbonyl (C=O) groups is 2. The van der Waals surface area contributed by atoms with Crippen LogP contribution in [0, 0.1) is 0 Å². The number of nitrogens with one attached hydrogen (secondary N) is 1. The number of fused-ring (bicyclic) bond motifs is 1. The summed E-state index contributed by atoms with van der Waals surface area (Å²) in [4.78, 5) is 26.5. The average Bonchev–Trinajstić information content (AvgIpc) is 3.10. The standard InChI is InChI=1S/C20H28N2O3/c1-2-7-18(23)22-13-6-11-17(22)19(24)21-14-20(25)12-5-9-15-8-3-4-10-16(15)20/h3-4,8,10,17,25H,2,5-7,9,11-14H2,1H3,(H,21,24). The zero-order valence-corrected chi connectivity index (χ0v) is 15.0. The predicted octanol–water partition coefficient (Wildman–Crippen LogP) is 2.12. The third kappa shape index (κ3) is 3.71. The fraction of sp³-hybridized carbons (Fsp3) is 0.600. The second kappa shape index (κ2) is 7.56. The molecular formula is C20H28N2O3. The van der Waals surface area contributed by atoms with Crippen LogP contribution >= 0.6 is 0 Å². The van der Waals surface area contributed by atoms with Gasteiger partial charge in [0.1, 0.15) is 11.6 Å². The molecule has 1 heterocycles. The third-order valence-corrected chi connectivity index (χ3v) is 5.45.